The maximum atomic E-state index is 13.2. The normalized spacial score (nSPS) is 11.3. The van der Waals surface area contributed by atoms with Crippen LogP contribution >= 0.6 is 0 Å². The second-order valence-electron chi connectivity index (χ2n) is 6.07. The van der Waals surface area contributed by atoms with Crippen molar-refractivity contribution in [2.24, 2.45) is 0 Å². The molecule has 0 fully saturated rings. The molecule has 2 N–H and O–H groups in total. The van der Waals surface area contributed by atoms with Crippen LogP contribution in [0, 0.1) is 5.82 Å². The molecule has 0 saturated carbocycles. The summed E-state index contributed by atoms with van der Waals surface area (Å²) in [6.45, 7) is 0.315. The minimum atomic E-state index is -3.79. The second kappa shape index (κ2) is 8.81. The van der Waals surface area contributed by atoms with Crippen LogP contribution in [0.1, 0.15) is 21.7 Å². The van der Waals surface area contributed by atoms with Gasteiger partial charge in [0.25, 0.3) is 5.91 Å². The molecule has 146 valence electrons. The van der Waals surface area contributed by atoms with E-state index in [0.717, 1.165) is 5.56 Å². The van der Waals surface area contributed by atoms with E-state index in [2.05, 4.69) is 10.0 Å². The molecule has 3 rings (SSSR count). The van der Waals surface area contributed by atoms with Gasteiger partial charge in [-0.1, -0.05) is 18.2 Å². The largest absolute Gasteiger partial charge is 0.468 e. The van der Waals surface area contributed by atoms with E-state index in [1.807, 2.05) is 0 Å². The van der Waals surface area contributed by atoms with Gasteiger partial charge in [-0.25, -0.2) is 17.5 Å². The summed E-state index contributed by atoms with van der Waals surface area (Å²) in [5.41, 5.74) is 0.985. The van der Waals surface area contributed by atoms with Crippen molar-refractivity contribution in [2.45, 2.75) is 17.9 Å². The zero-order valence-electron chi connectivity index (χ0n) is 14.9. The standard InChI is InChI=1S/C20H19FN2O4S/c21-17-6-1-4-15(12-17)9-10-22-20(24)16-5-2-8-19(13-16)28(25,26)23-14-18-7-3-11-27-18/h1-8,11-13,23H,9-10,14H2,(H,22,24). The zero-order chi connectivity index (χ0) is 20.0. The van der Waals surface area contributed by atoms with Gasteiger partial charge in [0.2, 0.25) is 10.0 Å². The first-order valence-electron chi connectivity index (χ1n) is 8.59. The number of hydrogen-bond acceptors (Lipinski definition) is 4. The van der Waals surface area contributed by atoms with Crippen LogP contribution in [0.15, 0.2) is 76.2 Å². The number of sulfonamides is 1. The monoisotopic (exact) mass is 402 g/mol. The van der Waals surface area contributed by atoms with Crippen LogP contribution in [0.5, 0.6) is 0 Å². The van der Waals surface area contributed by atoms with E-state index in [0.29, 0.717) is 18.7 Å². The first kappa shape index (κ1) is 19.8. The molecule has 8 heteroatoms. The molecule has 0 aliphatic rings. The maximum Gasteiger partial charge on any atom is 0.251 e. The molecule has 1 amide bonds. The number of amides is 1. The highest BCUT2D eigenvalue weighted by Crippen LogP contribution is 2.13. The smallest absolute Gasteiger partial charge is 0.251 e. The number of benzene rings is 2. The summed E-state index contributed by atoms with van der Waals surface area (Å²) in [4.78, 5) is 12.3. The molecule has 3 aromatic rings. The summed E-state index contributed by atoms with van der Waals surface area (Å²) in [6, 6.07) is 15.2. The van der Waals surface area contributed by atoms with Gasteiger partial charge in [0.15, 0.2) is 0 Å². The highest BCUT2D eigenvalue weighted by molar-refractivity contribution is 7.89. The molecule has 0 atom stereocenters. The van der Waals surface area contributed by atoms with Crippen LogP contribution in [0.2, 0.25) is 0 Å². The Hall–Kier alpha value is -2.97. The van der Waals surface area contributed by atoms with Crippen molar-refractivity contribution in [1.82, 2.24) is 10.0 Å². The first-order chi connectivity index (χ1) is 13.4. The van der Waals surface area contributed by atoms with Crippen molar-refractivity contribution in [3.8, 4) is 0 Å². The minimum absolute atomic E-state index is 0.0133. The molecule has 0 unspecified atom stereocenters. The molecular formula is C20H19FN2O4S. The van der Waals surface area contributed by atoms with Crippen molar-refractivity contribution in [2.75, 3.05) is 6.54 Å². The summed E-state index contributed by atoms with van der Waals surface area (Å²) in [5.74, 6) is -0.252. The van der Waals surface area contributed by atoms with Gasteiger partial charge in [-0.15, -0.1) is 0 Å². The molecule has 0 spiro atoms. The first-order valence-corrected chi connectivity index (χ1v) is 10.1. The molecule has 0 aliphatic carbocycles. The zero-order valence-corrected chi connectivity index (χ0v) is 15.7. The highest BCUT2D eigenvalue weighted by atomic mass is 32.2. The summed E-state index contributed by atoms with van der Waals surface area (Å²) >= 11 is 0. The van der Waals surface area contributed by atoms with E-state index in [1.165, 1.54) is 42.7 Å². The van der Waals surface area contributed by atoms with Crippen LogP contribution < -0.4 is 10.0 Å². The lowest BCUT2D eigenvalue weighted by atomic mass is 10.1. The Morgan fingerprint density at radius 3 is 2.61 bits per heavy atom. The maximum absolute atomic E-state index is 13.2. The van der Waals surface area contributed by atoms with Crippen LogP contribution in [0.4, 0.5) is 4.39 Å². The number of carbonyl (C=O) groups is 1. The van der Waals surface area contributed by atoms with Crippen molar-refractivity contribution in [3.63, 3.8) is 0 Å². The lowest BCUT2D eigenvalue weighted by molar-refractivity contribution is 0.0954. The van der Waals surface area contributed by atoms with E-state index in [-0.39, 0.29) is 22.8 Å². The topological polar surface area (TPSA) is 88.4 Å². The quantitative estimate of drug-likeness (QED) is 0.606. The number of hydrogen-bond donors (Lipinski definition) is 2. The van der Waals surface area contributed by atoms with E-state index >= 15 is 0 Å². The summed E-state index contributed by atoms with van der Waals surface area (Å²) < 4.78 is 45.5. The lowest BCUT2D eigenvalue weighted by Crippen LogP contribution is -2.27. The number of halogens is 1. The number of furan rings is 1. The molecule has 0 bridgehead atoms. The Morgan fingerprint density at radius 1 is 1.04 bits per heavy atom. The van der Waals surface area contributed by atoms with Crippen molar-refractivity contribution in [1.29, 1.82) is 0 Å². The van der Waals surface area contributed by atoms with Gasteiger partial charge in [0.05, 0.1) is 17.7 Å². The fourth-order valence-corrected chi connectivity index (χ4v) is 3.62. The highest BCUT2D eigenvalue weighted by Gasteiger charge is 2.16. The SMILES string of the molecule is O=C(NCCc1cccc(F)c1)c1cccc(S(=O)(=O)NCc2ccco2)c1. The molecule has 0 aliphatic heterocycles. The summed E-state index contributed by atoms with van der Waals surface area (Å²) in [6.07, 6.45) is 1.92. The number of carbonyl (C=O) groups excluding carboxylic acids is 1. The molecule has 2 aromatic carbocycles. The fraction of sp³-hybridized carbons (Fsp3) is 0.150. The summed E-state index contributed by atoms with van der Waals surface area (Å²) in [5, 5.41) is 2.71. The Kier molecular flexibility index (Phi) is 6.23. The molecule has 1 heterocycles. The Morgan fingerprint density at radius 2 is 1.86 bits per heavy atom. The molecule has 0 saturated heterocycles. The van der Waals surface area contributed by atoms with E-state index < -0.39 is 15.9 Å². The van der Waals surface area contributed by atoms with Gasteiger partial charge in [-0.3, -0.25) is 4.79 Å². The van der Waals surface area contributed by atoms with Gasteiger partial charge in [-0.2, -0.15) is 0 Å². The molecule has 28 heavy (non-hydrogen) atoms. The Labute approximate surface area is 162 Å². The van der Waals surface area contributed by atoms with Crippen molar-refractivity contribution >= 4 is 15.9 Å². The third-order valence-electron chi connectivity index (χ3n) is 4.01. The van der Waals surface area contributed by atoms with E-state index in [9.17, 15) is 17.6 Å². The van der Waals surface area contributed by atoms with Crippen LogP contribution in [-0.2, 0) is 23.0 Å². The predicted octanol–water partition coefficient (Wildman–Crippen LogP) is 2.87. The second-order valence-corrected chi connectivity index (χ2v) is 7.83. The Bertz CT molecular complexity index is 1050. The molecular weight excluding hydrogens is 383 g/mol. The van der Waals surface area contributed by atoms with Crippen molar-refractivity contribution < 1.29 is 22.0 Å². The third kappa shape index (κ3) is 5.28. The van der Waals surface area contributed by atoms with Crippen LogP contribution in [0.3, 0.4) is 0 Å². The van der Waals surface area contributed by atoms with Gasteiger partial charge < -0.3 is 9.73 Å². The Balaban J connectivity index is 1.60. The van der Waals surface area contributed by atoms with E-state index in [1.54, 1.807) is 24.3 Å². The van der Waals surface area contributed by atoms with Crippen LogP contribution in [0.25, 0.3) is 0 Å². The molecule has 0 radical (unpaired) electrons. The molecule has 1 aromatic heterocycles. The van der Waals surface area contributed by atoms with Gasteiger partial charge in [-0.05, 0) is 54.4 Å². The molecule has 6 nitrogen and oxygen atoms in total. The number of nitrogens with one attached hydrogen (secondary N) is 2. The van der Waals surface area contributed by atoms with Crippen LogP contribution in [-0.4, -0.2) is 20.9 Å². The average molecular weight is 402 g/mol. The minimum Gasteiger partial charge on any atom is -0.468 e. The van der Waals surface area contributed by atoms with Crippen molar-refractivity contribution in [3.05, 3.63) is 89.6 Å². The fourth-order valence-electron chi connectivity index (χ4n) is 2.58. The lowest BCUT2D eigenvalue weighted by Gasteiger charge is -2.09. The summed E-state index contributed by atoms with van der Waals surface area (Å²) in [7, 11) is -3.79. The van der Waals surface area contributed by atoms with E-state index in [4.69, 9.17) is 4.42 Å². The average Bonchev–Trinajstić information content (AvgIpc) is 3.20. The van der Waals surface area contributed by atoms with Gasteiger partial charge in [0, 0.05) is 12.1 Å². The number of rotatable bonds is 8. The third-order valence-corrected chi connectivity index (χ3v) is 5.41. The van der Waals surface area contributed by atoms with Gasteiger partial charge >= 0.3 is 0 Å². The van der Waals surface area contributed by atoms with Gasteiger partial charge in [0.1, 0.15) is 11.6 Å². The predicted molar refractivity (Wildman–Crippen MR) is 102 cm³/mol.